The van der Waals surface area contributed by atoms with Crippen molar-refractivity contribution in [2.45, 2.75) is 322 Å². The Morgan fingerprint density at radius 3 is 0.777 bits per heavy atom. The van der Waals surface area contributed by atoms with Gasteiger partial charge in [-0.05, 0) is 141 Å². The Morgan fingerprint density at radius 1 is 0.272 bits per heavy atom. The fourth-order valence-corrected chi connectivity index (χ4v) is 11.9. The summed E-state index contributed by atoms with van der Waals surface area (Å²) in [6.45, 7) is 2.28. The number of carbonyl (C=O) groups is 3. The Hall–Kier alpha value is -4.83. The molecule has 0 bridgehead atoms. The number of hydrogen-bond donors (Lipinski definition) is 4. The van der Waals surface area contributed by atoms with Gasteiger partial charge in [0.25, 0.3) is 0 Å². The van der Waals surface area contributed by atoms with Gasteiger partial charge in [0.15, 0.2) is 6.10 Å². The highest BCUT2D eigenvalue weighted by molar-refractivity contribution is 7.47. The molecular weight excluding hydrogens is 1340 g/mol. The van der Waals surface area contributed by atoms with Crippen LogP contribution < -0.4 is 0 Å². The number of esters is 3. The Labute approximate surface area is 625 Å². The highest BCUT2D eigenvalue weighted by Gasteiger charge is 2.29. The summed E-state index contributed by atoms with van der Waals surface area (Å²) in [5, 5.41) is 20.6. The average Bonchev–Trinajstić information content (AvgIpc) is 0.916. The van der Waals surface area contributed by atoms with Gasteiger partial charge < -0.3 is 34.2 Å². The second kappa shape index (κ2) is 76.8. The first-order valence-corrected chi connectivity index (χ1v) is 42.8. The molecule has 0 fully saturated rings. The summed E-state index contributed by atoms with van der Waals surface area (Å²) in [7, 11) is -9.81. The number of carbonyl (C=O) groups excluding carboxylic acids is 3. The molecule has 5 atom stereocenters. The molecule has 5 unspecified atom stereocenters. The van der Waals surface area contributed by atoms with Crippen LogP contribution in [0.25, 0.3) is 0 Å². The van der Waals surface area contributed by atoms with E-state index in [1.165, 1.54) is 89.9 Å². The van der Waals surface area contributed by atoms with Crippen LogP contribution in [0.3, 0.4) is 0 Å². The van der Waals surface area contributed by atoms with Crippen molar-refractivity contribution in [1.29, 1.82) is 0 Å². The first-order chi connectivity index (χ1) is 50.2. The predicted octanol–water partition coefficient (Wildman–Crippen LogP) is 23.4. The van der Waals surface area contributed by atoms with Gasteiger partial charge in [0, 0.05) is 19.3 Å². The van der Waals surface area contributed by atoms with E-state index in [1.807, 2.05) is 0 Å². The Balaban J connectivity index is 4.47. The van der Waals surface area contributed by atoms with Gasteiger partial charge in [-0.1, -0.05) is 301 Å². The van der Waals surface area contributed by atoms with Crippen molar-refractivity contribution < 1.29 is 75.8 Å². The lowest BCUT2D eigenvalue weighted by Crippen LogP contribution is -2.30. The first kappa shape index (κ1) is 98.2. The molecule has 0 aromatic rings. The summed E-state index contributed by atoms with van der Waals surface area (Å²) in [5.74, 6) is -1.64. The molecule has 0 aromatic carbocycles. The van der Waals surface area contributed by atoms with Crippen molar-refractivity contribution in [3.63, 3.8) is 0 Å². The van der Waals surface area contributed by atoms with Gasteiger partial charge in [0.05, 0.1) is 26.4 Å². The number of phosphoric ester groups is 2. The molecule has 0 heterocycles. The van der Waals surface area contributed by atoms with Crippen molar-refractivity contribution in [1.82, 2.24) is 0 Å². The van der Waals surface area contributed by atoms with Crippen LogP contribution in [0.15, 0.2) is 158 Å². The topological polar surface area (TPSA) is 231 Å². The van der Waals surface area contributed by atoms with Crippen LogP contribution >= 0.6 is 15.6 Å². The smallest absolute Gasteiger partial charge is 0.463 e. The molecule has 0 saturated carbocycles. The van der Waals surface area contributed by atoms with E-state index in [0.29, 0.717) is 19.3 Å². The van der Waals surface area contributed by atoms with E-state index >= 15 is 0 Å². The van der Waals surface area contributed by atoms with Crippen LogP contribution in [0.4, 0.5) is 0 Å². The second-order valence-electron chi connectivity index (χ2n) is 26.1. The Kier molecular flexibility index (Phi) is 73.2. The van der Waals surface area contributed by atoms with Crippen LogP contribution in [-0.4, -0.2) is 95.9 Å². The normalized spacial score (nSPS) is 14.8. The van der Waals surface area contributed by atoms with E-state index in [0.717, 1.165) is 154 Å². The maximum atomic E-state index is 12.9. The molecule has 0 amide bonds. The molecule has 103 heavy (non-hydrogen) atoms. The zero-order chi connectivity index (χ0) is 75.2. The van der Waals surface area contributed by atoms with E-state index in [1.54, 1.807) is 0 Å². The van der Waals surface area contributed by atoms with Crippen molar-refractivity contribution in [3.05, 3.63) is 158 Å². The number of phosphoric acid groups is 2. The monoisotopic (exact) mass is 1480 g/mol. The van der Waals surface area contributed by atoms with Gasteiger partial charge in [0.2, 0.25) is 0 Å². The lowest BCUT2D eigenvalue weighted by molar-refractivity contribution is -0.161. The van der Waals surface area contributed by atoms with E-state index < -0.39 is 91.5 Å². The number of allylic oxidation sites excluding steroid dienone is 26. The molecule has 0 saturated heterocycles. The third-order valence-electron chi connectivity index (χ3n) is 16.2. The molecule has 0 aliphatic rings. The standard InChI is InChI=1S/C85H142O16P2/c1-4-7-10-13-16-19-22-25-28-30-32-33-34-35-36-37-38-39-40-41-42-43-44-45-47-49-51-53-56-59-62-65-68-71-83(88)95-74-80(86)75-97-102(91,92)98-76-81(87)77-99-103(93,94)100-79-82(101-85(90)73-70-67-64-61-58-55-50-27-24-21-18-15-12-9-6-3)78-96-84(89)72-69-66-63-60-57-54-52-48-46-31-29-26-23-20-17-14-11-8-5-2/h7-12,16-21,25-29,32-33,35-36,46,48,50,54,57,80-82,86-87H,4-6,13-15,22-24,30-31,34,37-45,47,49,51-53,55-56,58-79H2,1-3H3,(H,91,92)(H,93,94)/b10-7-,11-8-,12-9-,19-16-,20-17-,21-18-,28-25-,29-26-,33-32-,36-35-,48-46-,50-27-,57-54-. The SMILES string of the molecule is CC/C=C\C/C=C\C/C=C\C/C=C\C/C=C\CCCCCCCCCCCCCCCCCCCC(=O)OCC(O)COP(=O)(O)OCC(O)COP(=O)(O)OCC(COC(=O)CCCCC/C=C\C/C=C\C/C=C\C/C=C\C/C=C\CC)OC(=O)CCCCCCC/C=C\C/C=C\C/C=C\CC. The van der Waals surface area contributed by atoms with Crippen LogP contribution in [0.5, 0.6) is 0 Å². The number of hydrogen-bond acceptors (Lipinski definition) is 14. The van der Waals surface area contributed by atoms with Crippen LogP contribution in [-0.2, 0) is 55.8 Å². The quantitative estimate of drug-likeness (QED) is 0.0146. The van der Waals surface area contributed by atoms with Gasteiger partial charge >= 0.3 is 33.6 Å². The van der Waals surface area contributed by atoms with E-state index in [9.17, 15) is 43.5 Å². The maximum absolute atomic E-state index is 12.9. The molecule has 0 aliphatic carbocycles. The summed E-state index contributed by atoms with van der Waals surface area (Å²) >= 11 is 0. The van der Waals surface area contributed by atoms with Crippen molar-refractivity contribution >= 4 is 33.6 Å². The molecule has 4 N–H and O–H groups in total. The largest absolute Gasteiger partial charge is 0.472 e. The number of aliphatic hydroxyl groups is 2. The summed E-state index contributed by atoms with van der Waals surface area (Å²) in [6.07, 6.45) is 96.0. The molecule has 0 radical (unpaired) electrons. The first-order valence-electron chi connectivity index (χ1n) is 39.8. The molecule has 0 aromatic heterocycles. The second-order valence-corrected chi connectivity index (χ2v) is 29.0. The molecule has 0 aliphatic heterocycles. The van der Waals surface area contributed by atoms with Crippen molar-refractivity contribution in [2.24, 2.45) is 0 Å². The van der Waals surface area contributed by atoms with Crippen molar-refractivity contribution in [2.75, 3.05) is 39.6 Å². The Morgan fingerprint density at radius 2 is 0.485 bits per heavy atom. The number of rotatable bonds is 74. The third-order valence-corrected chi connectivity index (χ3v) is 18.1. The van der Waals surface area contributed by atoms with Gasteiger partial charge in [-0.3, -0.25) is 32.5 Å². The van der Waals surface area contributed by atoms with Gasteiger partial charge in [-0.2, -0.15) is 0 Å². The number of unbranched alkanes of at least 4 members (excludes halogenated alkanes) is 25. The average molecular weight is 1480 g/mol. The summed E-state index contributed by atoms with van der Waals surface area (Å²) in [4.78, 5) is 58.6. The third kappa shape index (κ3) is 78.1. The molecule has 588 valence electrons. The highest BCUT2D eigenvalue weighted by Crippen LogP contribution is 2.45. The molecule has 0 rings (SSSR count). The van der Waals surface area contributed by atoms with Gasteiger partial charge in [0.1, 0.15) is 25.4 Å². The van der Waals surface area contributed by atoms with Crippen LogP contribution in [0, 0.1) is 0 Å². The van der Waals surface area contributed by atoms with Crippen molar-refractivity contribution in [3.8, 4) is 0 Å². The summed E-state index contributed by atoms with van der Waals surface area (Å²) in [6, 6.07) is 0. The highest BCUT2D eigenvalue weighted by atomic mass is 31.2. The summed E-state index contributed by atoms with van der Waals surface area (Å²) < 4.78 is 61.1. The number of aliphatic hydroxyl groups excluding tert-OH is 2. The predicted molar refractivity (Wildman–Crippen MR) is 426 cm³/mol. The molecule has 18 heteroatoms. The minimum atomic E-state index is -4.95. The van der Waals surface area contributed by atoms with Crippen LogP contribution in [0.1, 0.15) is 303 Å². The van der Waals surface area contributed by atoms with Gasteiger partial charge in [-0.15, -0.1) is 0 Å². The fourth-order valence-electron chi connectivity index (χ4n) is 10.3. The van der Waals surface area contributed by atoms with E-state index in [4.69, 9.17) is 32.3 Å². The summed E-state index contributed by atoms with van der Waals surface area (Å²) in [5.41, 5.74) is 0. The van der Waals surface area contributed by atoms with Gasteiger partial charge in [-0.25, -0.2) is 9.13 Å². The lowest BCUT2D eigenvalue weighted by atomic mass is 10.0. The maximum Gasteiger partial charge on any atom is 0.472 e. The minimum absolute atomic E-state index is 0.0731. The van der Waals surface area contributed by atoms with Crippen LogP contribution in [0.2, 0.25) is 0 Å². The number of ether oxygens (including phenoxy) is 3. The minimum Gasteiger partial charge on any atom is -0.463 e. The Bertz CT molecular complexity index is 2500. The fraction of sp³-hybridized carbons (Fsp3) is 0.659. The van der Waals surface area contributed by atoms with E-state index in [-0.39, 0.29) is 19.3 Å². The zero-order valence-corrected chi connectivity index (χ0v) is 66.0. The molecular formula is C85H142O16P2. The molecule has 16 nitrogen and oxygen atoms in total. The lowest BCUT2D eigenvalue weighted by Gasteiger charge is -2.21. The molecule has 0 spiro atoms. The zero-order valence-electron chi connectivity index (χ0n) is 64.2. The van der Waals surface area contributed by atoms with E-state index in [2.05, 4.69) is 179 Å².